The summed E-state index contributed by atoms with van der Waals surface area (Å²) in [5.41, 5.74) is 5.03. The lowest BCUT2D eigenvalue weighted by molar-refractivity contribution is 0.0701. The van der Waals surface area contributed by atoms with E-state index in [4.69, 9.17) is 0 Å². The van der Waals surface area contributed by atoms with E-state index in [1.165, 1.54) is 11.1 Å². The number of likely N-dealkylation sites (tertiary alicyclic amines) is 1. The number of rotatable bonds is 4. The molecule has 3 heterocycles. The van der Waals surface area contributed by atoms with Crippen LogP contribution < -0.4 is 0 Å². The summed E-state index contributed by atoms with van der Waals surface area (Å²) in [5, 5.41) is 15.7. The van der Waals surface area contributed by atoms with Gasteiger partial charge in [-0.3, -0.25) is 15.0 Å². The second-order valence-corrected chi connectivity index (χ2v) is 7.68. The molecule has 0 bridgehead atoms. The summed E-state index contributed by atoms with van der Waals surface area (Å²) >= 11 is 0. The molecule has 0 aliphatic carbocycles. The summed E-state index contributed by atoms with van der Waals surface area (Å²) in [7, 11) is 0. The molecular weight excluding hydrogens is 362 g/mol. The highest BCUT2D eigenvalue weighted by molar-refractivity contribution is 6.04. The number of carbonyl (C=O) groups is 1. The van der Waals surface area contributed by atoms with Gasteiger partial charge in [0.25, 0.3) is 5.91 Å². The number of nitrogens with zero attached hydrogens (tertiary/aromatic N) is 3. The first kappa shape index (κ1) is 17.7. The zero-order chi connectivity index (χ0) is 19.6. The van der Waals surface area contributed by atoms with E-state index in [2.05, 4.69) is 44.7 Å². The van der Waals surface area contributed by atoms with Crippen molar-refractivity contribution in [2.45, 2.75) is 25.2 Å². The number of carbonyl (C=O) groups excluding carboxylic acids is 1. The quantitative estimate of drug-likeness (QED) is 0.559. The Morgan fingerprint density at radius 3 is 2.79 bits per heavy atom. The number of para-hydroxylation sites is 1. The van der Waals surface area contributed by atoms with Crippen LogP contribution in [0.15, 0.2) is 60.8 Å². The molecule has 1 fully saturated rings. The lowest BCUT2D eigenvalue weighted by Crippen LogP contribution is -2.39. The Balaban J connectivity index is 1.36. The smallest absolute Gasteiger partial charge is 0.275 e. The Morgan fingerprint density at radius 2 is 1.90 bits per heavy atom. The first-order chi connectivity index (χ1) is 14.3. The maximum atomic E-state index is 13.2. The van der Waals surface area contributed by atoms with E-state index in [1.807, 2.05) is 41.4 Å². The molecule has 1 aliphatic heterocycles. The van der Waals surface area contributed by atoms with Crippen molar-refractivity contribution >= 4 is 16.8 Å². The van der Waals surface area contributed by atoms with Crippen LogP contribution in [0.4, 0.5) is 0 Å². The predicted octanol–water partition coefficient (Wildman–Crippen LogP) is 3.90. The van der Waals surface area contributed by atoms with Gasteiger partial charge in [-0.2, -0.15) is 10.2 Å². The molecule has 0 spiro atoms. The number of benzene rings is 2. The topological polar surface area (TPSA) is 77.7 Å². The van der Waals surface area contributed by atoms with E-state index >= 15 is 0 Å². The number of amides is 1. The van der Waals surface area contributed by atoms with E-state index in [1.54, 1.807) is 0 Å². The van der Waals surface area contributed by atoms with E-state index in [9.17, 15) is 4.79 Å². The summed E-state index contributed by atoms with van der Waals surface area (Å²) in [5.74, 6) is 0.260. The molecule has 1 saturated heterocycles. The number of aromatic amines is 2. The minimum Gasteiger partial charge on any atom is -0.337 e. The molecule has 6 nitrogen and oxygen atoms in total. The van der Waals surface area contributed by atoms with Gasteiger partial charge in [0, 0.05) is 36.5 Å². The molecule has 2 N–H and O–H groups in total. The summed E-state index contributed by atoms with van der Waals surface area (Å²) < 4.78 is 0. The van der Waals surface area contributed by atoms with Crippen molar-refractivity contribution in [3.8, 4) is 0 Å². The fourth-order valence-corrected chi connectivity index (χ4v) is 4.30. The molecule has 0 saturated carbocycles. The average molecular weight is 385 g/mol. The molecule has 146 valence electrons. The van der Waals surface area contributed by atoms with Crippen molar-refractivity contribution in [1.82, 2.24) is 25.3 Å². The van der Waals surface area contributed by atoms with Crippen molar-refractivity contribution in [1.29, 1.82) is 0 Å². The van der Waals surface area contributed by atoms with E-state index < -0.39 is 0 Å². The SMILES string of the molecule is O=C(c1n[nH]c2ccccc12)N1CCCC(c2[nH]ncc2Cc2ccccc2)C1. The normalized spacial score (nSPS) is 17.0. The number of fused-ring (bicyclic) bond motifs is 1. The van der Waals surface area contributed by atoms with E-state index in [-0.39, 0.29) is 11.8 Å². The van der Waals surface area contributed by atoms with E-state index in [0.717, 1.165) is 42.4 Å². The van der Waals surface area contributed by atoms with Crippen LogP contribution in [-0.2, 0) is 6.42 Å². The molecule has 4 aromatic rings. The Kier molecular flexibility index (Phi) is 4.60. The van der Waals surface area contributed by atoms with Gasteiger partial charge in [0.15, 0.2) is 5.69 Å². The van der Waals surface area contributed by atoms with Crippen LogP contribution in [0.3, 0.4) is 0 Å². The van der Waals surface area contributed by atoms with Gasteiger partial charge in [-0.15, -0.1) is 0 Å². The number of aromatic nitrogens is 4. The van der Waals surface area contributed by atoms with Gasteiger partial charge in [0.2, 0.25) is 0 Å². The minimum absolute atomic E-state index is 0.00345. The number of hydrogen-bond donors (Lipinski definition) is 2. The highest BCUT2D eigenvalue weighted by atomic mass is 16.2. The Hall–Kier alpha value is -3.41. The monoisotopic (exact) mass is 385 g/mol. The van der Waals surface area contributed by atoms with Crippen LogP contribution in [0.2, 0.25) is 0 Å². The van der Waals surface area contributed by atoms with Crippen molar-refractivity contribution in [3.05, 3.63) is 83.3 Å². The maximum Gasteiger partial charge on any atom is 0.275 e. The second kappa shape index (κ2) is 7.54. The van der Waals surface area contributed by atoms with Gasteiger partial charge in [-0.05, 0) is 30.0 Å². The molecule has 1 unspecified atom stereocenters. The zero-order valence-corrected chi connectivity index (χ0v) is 16.1. The molecular formula is C23H23N5O. The molecule has 5 rings (SSSR count). The van der Waals surface area contributed by atoms with Gasteiger partial charge in [0.1, 0.15) is 0 Å². The van der Waals surface area contributed by atoms with Crippen molar-refractivity contribution in [2.24, 2.45) is 0 Å². The first-order valence-corrected chi connectivity index (χ1v) is 10.1. The number of piperidine rings is 1. The van der Waals surface area contributed by atoms with Gasteiger partial charge in [-0.1, -0.05) is 48.5 Å². The summed E-state index contributed by atoms with van der Waals surface area (Å²) in [6, 6.07) is 18.2. The number of H-pyrrole nitrogens is 2. The summed E-state index contributed by atoms with van der Waals surface area (Å²) in [6.45, 7) is 1.45. The molecule has 29 heavy (non-hydrogen) atoms. The molecule has 2 aromatic carbocycles. The molecule has 0 radical (unpaired) electrons. The standard InChI is InChI=1S/C23H23N5O/c29-23(22-19-10-4-5-11-20(19)25-27-22)28-12-6-9-17(15-28)21-18(14-24-26-21)13-16-7-2-1-3-8-16/h1-5,7-8,10-11,14,17H,6,9,12-13,15H2,(H,24,26)(H,25,27). The fraction of sp³-hybridized carbons (Fsp3) is 0.261. The lowest BCUT2D eigenvalue weighted by atomic mass is 9.90. The first-order valence-electron chi connectivity index (χ1n) is 10.1. The van der Waals surface area contributed by atoms with Gasteiger partial charge >= 0.3 is 0 Å². The Bertz CT molecular complexity index is 1130. The van der Waals surface area contributed by atoms with Crippen LogP contribution >= 0.6 is 0 Å². The number of nitrogens with one attached hydrogen (secondary N) is 2. The van der Waals surface area contributed by atoms with Gasteiger partial charge in [0.05, 0.1) is 11.7 Å². The van der Waals surface area contributed by atoms with Crippen LogP contribution in [0, 0.1) is 0 Å². The highest BCUT2D eigenvalue weighted by Crippen LogP contribution is 2.30. The molecule has 1 amide bonds. The lowest BCUT2D eigenvalue weighted by Gasteiger charge is -2.32. The van der Waals surface area contributed by atoms with E-state index in [0.29, 0.717) is 12.2 Å². The number of hydrogen-bond acceptors (Lipinski definition) is 3. The third-order valence-electron chi connectivity index (χ3n) is 5.78. The molecule has 2 aromatic heterocycles. The third-order valence-corrected chi connectivity index (χ3v) is 5.78. The maximum absolute atomic E-state index is 13.2. The van der Waals surface area contributed by atoms with Crippen molar-refractivity contribution < 1.29 is 4.79 Å². The zero-order valence-electron chi connectivity index (χ0n) is 16.1. The molecule has 1 aliphatic rings. The average Bonchev–Trinajstić information content (AvgIpc) is 3.41. The van der Waals surface area contributed by atoms with Gasteiger partial charge in [-0.25, -0.2) is 0 Å². The largest absolute Gasteiger partial charge is 0.337 e. The second-order valence-electron chi connectivity index (χ2n) is 7.68. The molecule has 6 heteroatoms. The minimum atomic E-state index is -0.00345. The predicted molar refractivity (Wildman–Crippen MR) is 112 cm³/mol. The fourth-order valence-electron chi connectivity index (χ4n) is 4.30. The third kappa shape index (κ3) is 3.42. The summed E-state index contributed by atoms with van der Waals surface area (Å²) in [4.78, 5) is 15.1. The van der Waals surface area contributed by atoms with Crippen molar-refractivity contribution in [3.63, 3.8) is 0 Å². The van der Waals surface area contributed by atoms with Crippen LogP contribution in [0.5, 0.6) is 0 Å². The van der Waals surface area contributed by atoms with Crippen molar-refractivity contribution in [2.75, 3.05) is 13.1 Å². The Morgan fingerprint density at radius 1 is 1.07 bits per heavy atom. The van der Waals surface area contributed by atoms with Crippen LogP contribution in [0.1, 0.15) is 46.1 Å². The molecule has 1 atom stereocenters. The van der Waals surface area contributed by atoms with Crippen LogP contribution in [0.25, 0.3) is 10.9 Å². The Labute approximate surface area is 168 Å². The van der Waals surface area contributed by atoms with Crippen LogP contribution in [-0.4, -0.2) is 44.3 Å². The summed E-state index contributed by atoms with van der Waals surface area (Å²) in [6.07, 6.45) is 4.79. The highest BCUT2D eigenvalue weighted by Gasteiger charge is 2.29. The van der Waals surface area contributed by atoms with Gasteiger partial charge < -0.3 is 4.90 Å².